The molecule has 2 aliphatic heterocycles. The Morgan fingerprint density at radius 1 is 1.21 bits per heavy atom. The molecule has 2 saturated heterocycles. The molecule has 0 bridgehead atoms. The molecule has 0 saturated carbocycles. The topological polar surface area (TPSA) is 122 Å². The average Bonchev–Trinajstić information content (AvgIpc) is 3.30. The minimum Gasteiger partial charge on any atom is -0.394 e. The van der Waals surface area contributed by atoms with Crippen LogP contribution in [0.2, 0.25) is 0 Å². The number of carbonyl (C=O) groups excluding carboxylic acids is 1. The molecule has 9 heteroatoms. The van der Waals surface area contributed by atoms with Crippen LogP contribution in [0, 0.1) is 0 Å². The number of amides is 1. The van der Waals surface area contributed by atoms with E-state index in [-0.39, 0.29) is 12.4 Å². The molecule has 0 radical (unpaired) electrons. The van der Waals surface area contributed by atoms with E-state index < -0.39 is 36.7 Å². The summed E-state index contributed by atoms with van der Waals surface area (Å²) >= 11 is 0. The van der Waals surface area contributed by atoms with E-state index in [1.54, 1.807) is 0 Å². The molecule has 1 amide bonds. The van der Waals surface area contributed by atoms with Gasteiger partial charge in [-0.15, -0.1) is 5.10 Å². The van der Waals surface area contributed by atoms with Crippen molar-refractivity contribution in [2.45, 2.75) is 30.8 Å². The fourth-order valence-electron chi connectivity index (χ4n) is 2.97. The van der Waals surface area contributed by atoms with Crippen molar-refractivity contribution in [3.63, 3.8) is 0 Å². The molecule has 2 aliphatic rings. The predicted molar refractivity (Wildman–Crippen MR) is 78.5 cm³/mol. The molecule has 24 heavy (non-hydrogen) atoms. The maximum atomic E-state index is 11.2. The van der Waals surface area contributed by atoms with Crippen molar-refractivity contribution < 1.29 is 24.1 Å². The molecule has 3 N–H and O–H groups in total. The van der Waals surface area contributed by atoms with Gasteiger partial charge in [0.2, 0.25) is 5.82 Å². The molecule has 0 aliphatic carbocycles. The second kappa shape index (κ2) is 5.95. The summed E-state index contributed by atoms with van der Waals surface area (Å²) in [6.45, 7) is -0.222. The summed E-state index contributed by atoms with van der Waals surface area (Å²) in [6.07, 6.45) is -1.38. The van der Waals surface area contributed by atoms with E-state index in [2.05, 4.69) is 10.1 Å². The number of aliphatic hydroxyl groups excluding tert-OH is 1. The van der Waals surface area contributed by atoms with Crippen molar-refractivity contribution in [1.82, 2.24) is 14.8 Å². The van der Waals surface area contributed by atoms with Gasteiger partial charge >= 0.3 is 0 Å². The van der Waals surface area contributed by atoms with Gasteiger partial charge in [-0.1, -0.05) is 30.3 Å². The number of aliphatic hydroxyl groups is 1. The average molecular weight is 332 g/mol. The summed E-state index contributed by atoms with van der Waals surface area (Å²) in [6, 6.07) is 9.49. The van der Waals surface area contributed by atoms with Crippen LogP contribution in [0.4, 0.5) is 0 Å². The van der Waals surface area contributed by atoms with Gasteiger partial charge in [0.1, 0.15) is 24.6 Å². The number of fused-ring (bicyclic) bond motifs is 1. The Bertz CT molecular complexity index is 736. The van der Waals surface area contributed by atoms with Gasteiger partial charge in [-0.05, 0) is 0 Å². The Kier molecular flexibility index (Phi) is 3.77. The van der Waals surface area contributed by atoms with Crippen LogP contribution >= 0.6 is 0 Å². The standard InChI is InChI=1S/C15H16N4O5/c16-12(21)13-17-7-19(18-13)14-11-10(9(6-20)22-14)23-15(24-11)8-4-2-1-3-5-8/h1-5,7,9-11,14-15,20H,6H2,(H2,16,21)/t9-,10?,11-,14?,15?/m1/s1. The summed E-state index contributed by atoms with van der Waals surface area (Å²) < 4.78 is 19.0. The van der Waals surface area contributed by atoms with E-state index in [9.17, 15) is 9.90 Å². The number of aromatic nitrogens is 3. The third-order valence-electron chi connectivity index (χ3n) is 4.09. The van der Waals surface area contributed by atoms with Gasteiger partial charge in [0, 0.05) is 5.56 Å². The van der Waals surface area contributed by atoms with Crippen LogP contribution in [0.1, 0.15) is 28.7 Å². The number of primary amides is 1. The summed E-state index contributed by atoms with van der Waals surface area (Å²) in [7, 11) is 0. The highest BCUT2D eigenvalue weighted by Crippen LogP contribution is 2.43. The molecule has 3 heterocycles. The number of benzene rings is 1. The lowest BCUT2D eigenvalue weighted by atomic mass is 10.1. The van der Waals surface area contributed by atoms with Gasteiger partial charge in [-0.2, -0.15) is 0 Å². The first-order chi connectivity index (χ1) is 11.7. The molecule has 4 rings (SSSR count). The van der Waals surface area contributed by atoms with Crippen LogP contribution in [0.3, 0.4) is 0 Å². The summed E-state index contributed by atoms with van der Waals surface area (Å²) in [5.74, 6) is -0.839. The van der Waals surface area contributed by atoms with E-state index in [0.717, 1.165) is 5.56 Å². The molecule has 2 fully saturated rings. The molecule has 0 spiro atoms. The molecule has 5 atom stereocenters. The quantitative estimate of drug-likeness (QED) is 0.791. The summed E-state index contributed by atoms with van der Waals surface area (Å²) in [5.41, 5.74) is 6.04. The largest absolute Gasteiger partial charge is 0.394 e. The Labute approximate surface area is 136 Å². The monoisotopic (exact) mass is 332 g/mol. The number of nitrogens with two attached hydrogens (primary N) is 1. The summed E-state index contributed by atoms with van der Waals surface area (Å²) in [5, 5.41) is 13.6. The summed E-state index contributed by atoms with van der Waals surface area (Å²) in [4.78, 5) is 15.0. The predicted octanol–water partition coefficient (Wildman–Crippen LogP) is -0.251. The first kappa shape index (κ1) is 15.2. The highest BCUT2D eigenvalue weighted by molar-refractivity contribution is 5.88. The minimum atomic E-state index is -0.729. The van der Waals surface area contributed by atoms with Gasteiger partial charge < -0.3 is 25.1 Å². The third kappa shape index (κ3) is 2.47. The van der Waals surface area contributed by atoms with Gasteiger partial charge in [-0.25, -0.2) is 9.67 Å². The van der Waals surface area contributed by atoms with Gasteiger partial charge in [-0.3, -0.25) is 4.79 Å². The second-order valence-corrected chi connectivity index (χ2v) is 5.60. The normalized spacial score (nSPS) is 32.0. The second-order valence-electron chi connectivity index (χ2n) is 5.60. The van der Waals surface area contributed by atoms with Crippen molar-refractivity contribution in [2.75, 3.05) is 6.61 Å². The molecule has 126 valence electrons. The molecular weight excluding hydrogens is 316 g/mol. The zero-order valence-corrected chi connectivity index (χ0v) is 12.6. The van der Waals surface area contributed by atoms with Crippen LogP contribution in [0.5, 0.6) is 0 Å². The van der Waals surface area contributed by atoms with Gasteiger partial charge in [0.05, 0.1) is 6.61 Å². The van der Waals surface area contributed by atoms with E-state index >= 15 is 0 Å². The first-order valence-corrected chi connectivity index (χ1v) is 7.50. The number of hydrogen-bond acceptors (Lipinski definition) is 7. The molecule has 1 aromatic heterocycles. The Morgan fingerprint density at radius 2 is 1.96 bits per heavy atom. The molecule has 3 unspecified atom stereocenters. The highest BCUT2D eigenvalue weighted by atomic mass is 16.8. The number of carbonyl (C=O) groups is 1. The van der Waals surface area contributed by atoms with Gasteiger partial charge in [0.15, 0.2) is 12.5 Å². The first-order valence-electron chi connectivity index (χ1n) is 7.50. The molecule has 2 aromatic rings. The molecule has 9 nitrogen and oxygen atoms in total. The van der Waals surface area contributed by atoms with E-state index in [0.29, 0.717) is 0 Å². The van der Waals surface area contributed by atoms with Crippen LogP contribution in [0.25, 0.3) is 0 Å². The van der Waals surface area contributed by atoms with Crippen LogP contribution in [0.15, 0.2) is 36.7 Å². The molecular formula is C15H16N4O5. The fraction of sp³-hybridized carbons (Fsp3) is 0.400. The zero-order chi connectivity index (χ0) is 16.7. The van der Waals surface area contributed by atoms with Crippen LogP contribution in [-0.4, -0.2) is 50.7 Å². The van der Waals surface area contributed by atoms with Crippen molar-refractivity contribution in [1.29, 1.82) is 0 Å². The Balaban J connectivity index is 1.59. The number of nitrogens with zero attached hydrogens (tertiary/aromatic N) is 3. The number of hydrogen-bond donors (Lipinski definition) is 2. The Morgan fingerprint density at radius 3 is 2.62 bits per heavy atom. The molecule has 1 aromatic carbocycles. The fourth-order valence-corrected chi connectivity index (χ4v) is 2.97. The maximum absolute atomic E-state index is 11.2. The van der Waals surface area contributed by atoms with Crippen molar-refractivity contribution >= 4 is 5.91 Å². The van der Waals surface area contributed by atoms with Crippen molar-refractivity contribution in [3.8, 4) is 0 Å². The minimum absolute atomic E-state index is 0.110. The van der Waals surface area contributed by atoms with Crippen molar-refractivity contribution in [2.24, 2.45) is 5.73 Å². The van der Waals surface area contributed by atoms with Gasteiger partial charge in [0.25, 0.3) is 5.91 Å². The number of rotatable bonds is 4. The third-order valence-corrected chi connectivity index (χ3v) is 4.09. The van der Waals surface area contributed by atoms with Crippen molar-refractivity contribution in [3.05, 3.63) is 48.0 Å². The smallest absolute Gasteiger partial charge is 0.288 e. The Hall–Kier alpha value is -2.33. The lowest BCUT2D eigenvalue weighted by Gasteiger charge is -2.19. The van der Waals surface area contributed by atoms with E-state index in [1.165, 1.54) is 11.0 Å². The lowest BCUT2D eigenvalue weighted by molar-refractivity contribution is -0.156. The maximum Gasteiger partial charge on any atom is 0.288 e. The number of ether oxygens (including phenoxy) is 3. The lowest BCUT2D eigenvalue weighted by Crippen LogP contribution is -2.30. The zero-order valence-electron chi connectivity index (χ0n) is 12.6. The van der Waals surface area contributed by atoms with Crippen LogP contribution < -0.4 is 5.73 Å². The van der Waals surface area contributed by atoms with E-state index in [1.807, 2.05) is 30.3 Å². The van der Waals surface area contributed by atoms with E-state index in [4.69, 9.17) is 19.9 Å². The SMILES string of the molecule is NC(=O)c1ncn(C2O[C@H](CO)C3OC(c4ccccc4)O[C@H]32)n1. The van der Waals surface area contributed by atoms with Crippen LogP contribution in [-0.2, 0) is 14.2 Å². The highest BCUT2D eigenvalue weighted by Gasteiger charge is 2.53.